The summed E-state index contributed by atoms with van der Waals surface area (Å²) in [6.07, 6.45) is 0. The molecule has 0 aliphatic rings. The maximum Gasteiger partial charge on any atom is 0.519 e. The summed E-state index contributed by atoms with van der Waals surface area (Å²) in [7, 11) is 0. The monoisotopic (exact) mass is 159 g/mol. The molecule has 1 aromatic heterocycles. The Hall–Kier alpha value is -1.03. The van der Waals surface area contributed by atoms with Crippen molar-refractivity contribution >= 4 is 0 Å². The first-order chi connectivity index (χ1) is 5.24. The van der Waals surface area contributed by atoms with Crippen molar-refractivity contribution in [3.8, 4) is 0 Å². The van der Waals surface area contributed by atoms with Gasteiger partial charge in [0.2, 0.25) is 0 Å². The lowest BCUT2D eigenvalue weighted by Gasteiger charge is -1.82. The topological polar surface area (TPSA) is 69.4 Å². The highest BCUT2D eigenvalue weighted by Gasteiger charge is 2.03. The minimum atomic E-state index is -0.687. The minimum absolute atomic E-state index is 0.206. The maximum atomic E-state index is 10.3. The number of hydrogen-bond acceptors (Lipinski definition) is 4. The SMILES string of the molecule is CC.Cc1oc(=O)oc1CN. The molecule has 1 rings (SSSR count). The Labute approximate surface area is 65.0 Å². The van der Waals surface area contributed by atoms with Gasteiger partial charge in [-0.1, -0.05) is 13.8 Å². The van der Waals surface area contributed by atoms with Crippen molar-refractivity contribution in [2.45, 2.75) is 27.3 Å². The molecule has 0 saturated carbocycles. The molecule has 0 unspecified atom stereocenters. The first kappa shape index (κ1) is 9.97. The van der Waals surface area contributed by atoms with Crippen LogP contribution in [0.5, 0.6) is 0 Å². The van der Waals surface area contributed by atoms with Crippen LogP contribution in [0.1, 0.15) is 25.4 Å². The molecule has 0 amide bonds. The first-order valence-electron chi connectivity index (χ1n) is 3.53. The average molecular weight is 159 g/mol. The van der Waals surface area contributed by atoms with E-state index in [4.69, 9.17) is 5.73 Å². The van der Waals surface area contributed by atoms with Gasteiger partial charge in [-0.2, -0.15) is 0 Å². The molecule has 2 N–H and O–H groups in total. The van der Waals surface area contributed by atoms with Gasteiger partial charge in [0.15, 0.2) is 5.76 Å². The summed E-state index contributed by atoms with van der Waals surface area (Å²) in [5.41, 5.74) is 5.17. The van der Waals surface area contributed by atoms with E-state index < -0.39 is 5.82 Å². The lowest BCUT2D eigenvalue weighted by Crippen LogP contribution is -1.96. The highest BCUT2D eigenvalue weighted by molar-refractivity contribution is 4.98. The molecule has 0 aliphatic heterocycles. The quantitative estimate of drug-likeness (QED) is 0.664. The Morgan fingerprint density at radius 3 is 2.09 bits per heavy atom. The molecule has 0 atom stereocenters. The van der Waals surface area contributed by atoms with E-state index in [9.17, 15) is 4.79 Å². The van der Waals surface area contributed by atoms with Crippen LogP contribution in [0.15, 0.2) is 13.6 Å². The van der Waals surface area contributed by atoms with Gasteiger partial charge in [-0.3, -0.25) is 0 Å². The summed E-state index contributed by atoms with van der Waals surface area (Å²) in [6, 6.07) is 0. The number of aryl methyl sites for hydroxylation is 1. The van der Waals surface area contributed by atoms with Gasteiger partial charge in [-0.15, -0.1) is 0 Å². The van der Waals surface area contributed by atoms with E-state index in [1.807, 2.05) is 13.8 Å². The standard InChI is InChI=1S/C5H7NO3.C2H6/c1-3-4(2-6)9-5(7)8-3;1-2/h2,6H2,1H3;1-2H3. The van der Waals surface area contributed by atoms with Crippen molar-refractivity contribution in [1.82, 2.24) is 0 Å². The summed E-state index contributed by atoms with van der Waals surface area (Å²) in [4.78, 5) is 10.3. The molecule has 0 saturated heterocycles. The van der Waals surface area contributed by atoms with Crippen LogP contribution in [0, 0.1) is 6.92 Å². The molecular formula is C7H13NO3. The van der Waals surface area contributed by atoms with Gasteiger partial charge in [0, 0.05) is 0 Å². The van der Waals surface area contributed by atoms with Crippen LogP contribution in [0.3, 0.4) is 0 Å². The van der Waals surface area contributed by atoms with Gasteiger partial charge in [0.05, 0.1) is 6.54 Å². The Bertz CT molecular complexity index is 248. The van der Waals surface area contributed by atoms with E-state index in [-0.39, 0.29) is 6.54 Å². The number of rotatable bonds is 1. The Kier molecular flexibility index (Phi) is 4.29. The second-order valence-electron chi connectivity index (χ2n) is 1.64. The van der Waals surface area contributed by atoms with Gasteiger partial charge in [-0.25, -0.2) is 4.79 Å². The summed E-state index contributed by atoms with van der Waals surface area (Å²) in [6.45, 7) is 5.84. The van der Waals surface area contributed by atoms with Crippen LogP contribution >= 0.6 is 0 Å². The molecule has 1 heterocycles. The zero-order chi connectivity index (χ0) is 8.85. The second-order valence-corrected chi connectivity index (χ2v) is 1.64. The van der Waals surface area contributed by atoms with Crippen LogP contribution in [0.2, 0.25) is 0 Å². The Morgan fingerprint density at radius 1 is 1.36 bits per heavy atom. The largest absolute Gasteiger partial charge is 0.519 e. The fourth-order valence-corrected chi connectivity index (χ4v) is 0.561. The third kappa shape index (κ3) is 2.59. The maximum absolute atomic E-state index is 10.3. The van der Waals surface area contributed by atoms with E-state index in [1.165, 1.54) is 0 Å². The zero-order valence-corrected chi connectivity index (χ0v) is 7.01. The smallest absolute Gasteiger partial charge is 0.396 e. The highest BCUT2D eigenvalue weighted by Crippen LogP contribution is 2.01. The van der Waals surface area contributed by atoms with Crippen molar-refractivity contribution < 1.29 is 8.83 Å². The van der Waals surface area contributed by atoms with Crippen molar-refractivity contribution in [1.29, 1.82) is 0 Å². The third-order valence-electron chi connectivity index (χ3n) is 1.02. The summed E-state index contributed by atoms with van der Waals surface area (Å²) >= 11 is 0. The molecule has 0 fully saturated rings. The lowest BCUT2D eigenvalue weighted by atomic mass is 10.4. The molecule has 4 nitrogen and oxygen atoms in total. The van der Waals surface area contributed by atoms with Gasteiger partial charge in [0.25, 0.3) is 0 Å². The normalized spacial score (nSPS) is 8.73. The Morgan fingerprint density at radius 2 is 1.91 bits per heavy atom. The van der Waals surface area contributed by atoms with Crippen LogP contribution in [-0.2, 0) is 6.54 Å². The van der Waals surface area contributed by atoms with E-state index in [0.29, 0.717) is 11.5 Å². The third-order valence-corrected chi connectivity index (χ3v) is 1.02. The van der Waals surface area contributed by atoms with E-state index >= 15 is 0 Å². The Balaban J connectivity index is 0.000000461. The lowest BCUT2D eigenvalue weighted by molar-refractivity contribution is 0.369. The van der Waals surface area contributed by atoms with Gasteiger partial charge in [-0.05, 0) is 6.92 Å². The van der Waals surface area contributed by atoms with Gasteiger partial charge in [0.1, 0.15) is 5.76 Å². The molecule has 0 radical (unpaired) electrons. The first-order valence-corrected chi connectivity index (χ1v) is 3.53. The molecule has 4 heteroatoms. The van der Waals surface area contributed by atoms with E-state index in [1.54, 1.807) is 6.92 Å². The summed E-state index contributed by atoms with van der Waals surface area (Å²) < 4.78 is 9.02. The number of nitrogens with two attached hydrogens (primary N) is 1. The van der Waals surface area contributed by atoms with E-state index in [0.717, 1.165) is 0 Å². The molecule has 0 aromatic carbocycles. The van der Waals surface area contributed by atoms with Gasteiger partial charge >= 0.3 is 5.82 Å². The van der Waals surface area contributed by atoms with Crippen molar-refractivity contribution in [3.05, 3.63) is 22.1 Å². The second kappa shape index (κ2) is 4.73. The predicted molar refractivity (Wildman–Crippen MR) is 41.2 cm³/mol. The van der Waals surface area contributed by atoms with Crippen molar-refractivity contribution in [3.63, 3.8) is 0 Å². The minimum Gasteiger partial charge on any atom is -0.396 e. The molecule has 11 heavy (non-hydrogen) atoms. The van der Waals surface area contributed by atoms with Crippen LogP contribution < -0.4 is 11.6 Å². The fourth-order valence-electron chi connectivity index (χ4n) is 0.561. The van der Waals surface area contributed by atoms with Crippen LogP contribution in [0.25, 0.3) is 0 Å². The molecule has 0 aliphatic carbocycles. The molecular weight excluding hydrogens is 146 g/mol. The fraction of sp³-hybridized carbons (Fsp3) is 0.571. The summed E-state index contributed by atoms with van der Waals surface area (Å²) in [5.74, 6) is 0.190. The van der Waals surface area contributed by atoms with Crippen molar-refractivity contribution in [2.24, 2.45) is 5.73 Å². The predicted octanol–water partition coefficient (Wildman–Crippen LogP) is 1.03. The van der Waals surface area contributed by atoms with Crippen molar-refractivity contribution in [2.75, 3.05) is 0 Å². The molecule has 64 valence electrons. The van der Waals surface area contributed by atoms with Gasteiger partial charge < -0.3 is 14.6 Å². The summed E-state index contributed by atoms with van der Waals surface area (Å²) in [5, 5.41) is 0. The van der Waals surface area contributed by atoms with Crippen LogP contribution in [-0.4, -0.2) is 0 Å². The molecule has 0 bridgehead atoms. The molecule has 1 aromatic rings. The van der Waals surface area contributed by atoms with Crippen LogP contribution in [0.4, 0.5) is 0 Å². The van der Waals surface area contributed by atoms with E-state index in [2.05, 4.69) is 8.83 Å². The average Bonchev–Trinajstić information content (AvgIpc) is 2.33. The highest BCUT2D eigenvalue weighted by atomic mass is 16.6. The molecule has 0 spiro atoms. The zero-order valence-electron chi connectivity index (χ0n) is 7.01. The number of hydrogen-bond donors (Lipinski definition) is 1.